The number of rotatable bonds is 7. The number of ether oxygens (including phenoxy) is 2. The Morgan fingerprint density at radius 3 is 2.59 bits per heavy atom. The zero-order chi connectivity index (χ0) is 20.3. The normalized spacial score (nSPS) is 26.5. The molecule has 1 atom stereocenters. The van der Waals surface area contributed by atoms with E-state index in [1.807, 2.05) is 4.90 Å². The summed E-state index contributed by atoms with van der Waals surface area (Å²) < 4.78 is 25.4. The van der Waals surface area contributed by atoms with Crippen molar-refractivity contribution in [1.82, 2.24) is 14.7 Å². The van der Waals surface area contributed by atoms with Crippen LogP contribution in [0.1, 0.15) is 19.3 Å². The fourth-order valence-electron chi connectivity index (χ4n) is 4.18. The summed E-state index contributed by atoms with van der Waals surface area (Å²) in [6, 6.07) is 6.02. The molecule has 6 nitrogen and oxygen atoms in total. The molecule has 0 bridgehead atoms. The summed E-state index contributed by atoms with van der Waals surface area (Å²) in [6.07, 6.45) is 2.92. The van der Waals surface area contributed by atoms with Crippen LogP contribution in [-0.4, -0.2) is 92.3 Å². The molecule has 4 rings (SSSR count). The van der Waals surface area contributed by atoms with E-state index in [2.05, 4.69) is 16.8 Å². The topological polar surface area (TPSA) is 45.2 Å². The first-order valence-electron chi connectivity index (χ1n) is 10.7. The van der Waals surface area contributed by atoms with Crippen molar-refractivity contribution in [2.24, 2.45) is 5.92 Å². The SMILES string of the molecule is CN1CCN(C(=O)C[C@]2(COc3ccc(F)cc3)CN(CC3CC3)CCO2)CC1. The summed E-state index contributed by atoms with van der Waals surface area (Å²) in [5.41, 5.74) is -0.665. The lowest BCUT2D eigenvalue weighted by Gasteiger charge is -2.43. The Morgan fingerprint density at radius 2 is 1.90 bits per heavy atom. The van der Waals surface area contributed by atoms with Crippen molar-refractivity contribution in [1.29, 1.82) is 0 Å². The van der Waals surface area contributed by atoms with Gasteiger partial charge in [0, 0.05) is 45.8 Å². The van der Waals surface area contributed by atoms with Crippen molar-refractivity contribution in [2.45, 2.75) is 24.9 Å². The molecule has 0 spiro atoms. The summed E-state index contributed by atoms with van der Waals surface area (Å²) in [4.78, 5) is 19.7. The highest BCUT2D eigenvalue weighted by Crippen LogP contribution is 2.32. The van der Waals surface area contributed by atoms with Crippen molar-refractivity contribution < 1.29 is 18.7 Å². The molecule has 0 N–H and O–H groups in total. The standard InChI is InChI=1S/C22H32FN3O3/c1-24-8-10-26(11-9-24)21(27)14-22(17-28-20-6-4-19(23)5-7-20)16-25(12-13-29-22)15-18-2-3-18/h4-7,18H,2-3,8-17H2,1H3/t22-/m1/s1. The number of piperazine rings is 1. The maximum atomic E-state index is 13.2. The van der Waals surface area contributed by atoms with Gasteiger partial charge in [0.1, 0.15) is 23.8 Å². The maximum Gasteiger partial charge on any atom is 0.225 e. The van der Waals surface area contributed by atoms with Gasteiger partial charge in [0.2, 0.25) is 5.91 Å². The van der Waals surface area contributed by atoms with E-state index in [0.29, 0.717) is 31.9 Å². The minimum absolute atomic E-state index is 0.133. The molecule has 2 heterocycles. The van der Waals surface area contributed by atoms with E-state index >= 15 is 0 Å². The molecular weight excluding hydrogens is 373 g/mol. The number of benzene rings is 1. The second-order valence-corrected chi connectivity index (χ2v) is 8.81. The molecule has 7 heteroatoms. The molecule has 160 valence electrons. The van der Waals surface area contributed by atoms with E-state index in [1.165, 1.54) is 25.0 Å². The van der Waals surface area contributed by atoms with Crippen molar-refractivity contribution in [2.75, 3.05) is 66.1 Å². The molecule has 3 fully saturated rings. The van der Waals surface area contributed by atoms with Gasteiger partial charge < -0.3 is 19.3 Å². The Labute approximate surface area is 172 Å². The number of carbonyl (C=O) groups is 1. The lowest BCUT2D eigenvalue weighted by molar-refractivity contribution is -0.157. The first-order valence-corrected chi connectivity index (χ1v) is 10.7. The highest BCUT2D eigenvalue weighted by molar-refractivity contribution is 5.77. The Hall–Kier alpha value is -1.70. The van der Waals surface area contributed by atoms with Crippen LogP contribution in [0.15, 0.2) is 24.3 Å². The van der Waals surface area contributed by atoms with Gasteiger partial charge >= 0.3 is 0 Å². The zero-order valence-corrected chi connectivity index (χ0v) is 17.3. The Balaban J connectivity index is 1.43. The molecule has 1 aromatic carbocycles. The van der Waals surface area contributed by atoms with Crippen LogP contribution in [0.5, 0.6) is 5.75 Å². The highest BCUT2D eigenvalue weighted by atomic mass is 19.1. The van der Waals surface area contributed by atoms with E-state index in [4.69, 9.17) is 9.47 Å². The minimum Gasteiger partial charge on any atom is -0.491 e. The van der Waals surface area contributed by atoms with Crippen molar-refractivity contribution in [3.63, 3.8) is 0 Å². The summed E-state index contributed by atoms with van der Waals surface area (Å²) in [5, 5.41) is 0. The number of morpholine rings is 1. The number of hydrogen-bond donors (Lipinski definition) is 0. The van der Waals surface area contributed by atoms with Gasteiger partial charge in [-0.05, 0) is 50.1 Å². The van der Waals surface area contributed by atoms with Gasteiger partial charge in [-0.15, -0.1) is 0 Å². The number of nitrogens with zero attached hydrogens (tertiary/aromatic N) is 3. The number of likely N-dealkylation sites (N-methyl/N-ethyl adjacent to an activating group) is 1. The van der Waals surface area contributed by atoms with Gasteiger partial charge in [-0.2, -0.15) is 0 Å². The number of amides is 1. The summed E-state index contributed by atoms with van der Waals surface area (Å²) in [7, 11) is 2.08. The van der Waals surface area contributed by atoms with Gasteiger partial charge in [-0.1, -0.05) is 0 Å². The van der Waals surface area contributed by atoms with Crippen LogP contribution in [-0.2, 0) is 9.53 Å². The Morgan fingerprint density at radius 1 is 1.17 bits per heavy atom. The van der Waals surface area contributed by atoms with Crippen molar-refractivity contribution in [3.05, 3.63) is 30.1 Å². The third-order valence-electron chi connectivity index (χ3n) is 6.19. The van der Waals surface area contributed by atoms with Crippen LogP contribution >= 0.6 is 0 Å². The quantitative estimate of drug-likeness (QED) is 0.693. The van der Waals surface area contributed by atoms with Gasteiger partial charge in [0.25, 0.3) is 0 Å². The largest absolute Gasteiger partial charge is 0.491 e. The van der Waals surface area contributed by atoms with Crippen molar-refractivity contribution in [3.8, 4) is 5.75 Å². The van der Waals surface area contributed by atoms with E-state index < -0.39 is 5.60 Å². The van der Waals surface area contributed by atoms with Gasteiger partial charge in [0.15, 0.2) is 0 Å². The molecule has 1 amide bonds. The number of halogens is 1. The van der Waals surface area contributed by atoms with E-state index in [-0.39, 0.29) is 11.7 Å². The second-order valence-electron chi connectivity index (χ2n) is 8.81. The van der Waals surface area contributed by atoms with E-state index in [1.54, 1.807) is 12.1 Å². The Kier molecular flexibility index (Phi) is 6.37. The molecule has 1 aromatic rings. The van der Waals surface area contributed by atoms with E-state index in [0.717, 1.165) is 45.2 Å². The molecule has 29 heavy (non-hydrogen) atoms. The van der Waals surface area contributed by atoms with Crippen LogP contribution < -0.4 is 4.74 Å². The highest BCUT2D eigenvalue weighted by Gasteiger charge is 2.42. The van der Waals surface area contributed by atoms with Gasteiger partial charge in [0.05, 0.1) is 13.0 Å². The molecule has 0 aromatic heterocycles. The van der Waals surface area contributed by atoms with Crippen molar-refractivity contribution >= 4 is 5.91 Å². The molecule has 2 saturated heterocycles. The molecule has 0 unspecified atom stereocenters. The summed E-state index contributed by atoms with van der Waals surface area (Å²) in [5.74, 6) is 1.23. The van der Waals surface area contributed by atoms with Crippen LogP contribution in [0, 0.1) is 11.7 Å². The smallest absolute Gasteiger partial charge is 0.225 e. The molecule has 1 aliphatic carbocycles. The average Bonchev–Trinajstić information content (AvgIpc) is 3.52. The first-order chi connectivity index (χ1) is 14.0. The summed E-state index contributed by atoms with van der Waals surface area (Å²) >= 11 is 0. The fraction of sp³-hybridized carbons (Fsp3) is 0.682. The van der Waals surface area contributed by atoms with Gasteiger partial charge in [-0.3, -0.25) is 9.69 Å². The Bertz CT molecular complexity index is 689. The molecule has 0 radical (unpaired) electrons. The maximum absolute atomic E-state index is 13.2. The van der Waals surface area contributed by atoms with E-state index in [9.17, 15) is 9.18 Å². The molecule has 3 aliphatic rings. The van der Waals surface area contributed by atoms with Crippen LogP contribution in [0.2, 0.25) is 0 Å². The van der Waals surface area contributed by atoms with Crippen LogP contribution in [0.3, 0.4) is 0 Å². The third kappa shape index (κ3) is 5.68. The monoisotopic (exact) mass is 405 g/mol. The molecule has 1 saturated carbocycles. The lowest BCUT2D eigenvalue weighted by Crippen LogP contribution is -2.58. The number of hydrogen-bond acceptors (Lipinski definition) is 5. The van der Waals surface area contributed by atoms with Crippen LogP contribution in [0.25, 0.3) is 0 Å². The molecule has 2 aliphatic heterocycles. The second kappa shape index (κ2) is 8.98. The predicted molar refractivity (Wildman–Crippen MR) is 108 cm³/mol. The average molecular weight is 406 g/mol. The first kappa shape index (κ1) is 20.6. The summed E-state index contributed by atoms with van der Waals surface area (Å²) in [6.45, 7) is 6.89. The lowest BCUT2D eigenvalue weighted by atomic mass is 9.96. The fourth-order valence-corrected chi connectivity index (χ4v) is 4.18. The van der Waals surface area contributed by atoms with Crippen LogP contribution in [0.4, 0.5) is 4.39 Å². The predicted octanol–water partition coefficient (Wildman–Crippen LogP) is 1.85. The zero-order valence-electron chi connectivity index (χ0n) is 17.3. The minimum atomic E-state index is -0.665. The molecular formula is C22H32FN3O3. The number of carbonyl (C=O) groups excluding carboxylic acids is 1. The van der Waals surface area contributed by atoms with Gasteiger partial charge in [-0.25, -0.2) is 4.39 Å². The third-order valence-corrected chi connectivity index (χ3v) is 6.19.